The fourth-order valence-electron chi connectivity index (χ4n) is 3.77. The molecule has 144 valence electrons. The lowest BCUT2D eigenvalue weighted by atomic mass is 9.98. The number of aryl methyl sites for hydroxylation is 2. The number of imide groups is 2. The predicted molar refractivity (Wildman–Crippen MR) is 108 cm³/mol. The maximum atomic E-state index is 12.0. The van der Waals surface area contributed by atoms with Gasteiger partial charge in [0.25, 0.3) is 23.6 Å². The van der Waals surface area contributed by atoms with Gasteiger partial charge in [0.2, 0.25) is 0 Å². The quantitative estimate of drug-likeness (QED) is 0.758. The molecule has 0 atom stereocenters. The van der Waals surface area contributed by atoms with Gasteiger partial charge < -0.3 is 0 Å². The van der Waals surface area contributed by atoms with E-state index in [1.54, 1.807) is 12.1 Å². The number of rotatable bonds is 4. The summed E-state index contributed by atoms with van der Waals surface area (Å²) in [5.41, 5.74) is 4.92. The molecular formula is C23H18N2O4. The number of hydrogen-bond acceptors (Lipinski definition) is 4. The van der Waals surface area contributed by atoms with E-state index in [2.05, 4.69) is 0 Å². The molecule has 6 heteroatoms. The van der Waals surface area contributed by atoms with Gasteiger partial charge in [-0.1, -0.05) is 24.3 Å². The maximum Gasteiger partial charge on any atom is 0.258 e. The molecule has 0 aliphatic carbocycles. The number of benzene rings is 2. The lowest BCUT2D eigenvalue weighted by molar-refractivity contribution is -0.121. The molecule has 0 radical (unpaired) electrons. The Hall–Kier alpha value is -3.80. The van der Waals surface area contributed by atoms with Gasteiger partial charge in [0.15, 0.2) is 0 Å². The Morgan fingerprint density at radius 1 is 0.621 bits per heavy atom. The first-order chi connectivity index (χ1) is 13.8. The van der Waals surface area contributed by atoms with Gasteiger partial charge in [-0.15, -0.1) is 0 Å². The molecule has 0 saturated heterocycles. The molecule has 4 rings (SSSR count). The van der Waals surface area contributed by atoms with Crippen LogP contribution in [0.15, 0.2) is 60.7 Å². The summed E-state index contributed by atoms with van der Waals surface area (Å²) in [6.07, 6.45) is 5.72. The van der Waals surface area contributed by atoms with Gasteiger partial charge in [-0.2, -0.15) is 0 Å². The minimum Gasteiger partial charge on any atom is -0.269 e. The summed E-state index contributed by atoms with van der Waals surface area (Å²) in [5.74, 6) is -1.34. The van der Waals surface area contributed by atoms with E-state index in [0.29, 0.717) is 17.8 Å². The molecule has 2 aromatic carbocycles. The number of amides is 4. The third kappa shape index (κ3) is 3.29. The Kier molecular flexibility index (Phi) is 4.47. The van der Waals surface area contributed by atoms with Gasteiger partial charge >= 0.3 is 0 Å². The molecule has 0 aromatic heterocycles. The summed E-state index contributed by atoms with van der Waals surface area (Å²) in [4.78, 5) is 49.9. The maximum absolute atomic E-state index is 12.0. The molecule has 0 saturated carbocycles. The third-order valence-corrected chi connectivity index (χ3v) is 5.00. The van der Waals surface area contributed by atoms with Crippen LogP contribution in [-0.2, 0) is 25.6 Å². The van der Waals surface area contributed by atoms with Crippen LogP contribution in [0.1, 0.15) is 22.3 Å². The molecule has 0 fully saturated rings. The van der Waals surface area contributed by atoms with E-state index in [1.165, 1.54) is 29.2 Å². The Labute approximate surface area is 167 Å². The minimum absolute atomic E-state index is 0.329. The highest BCUT2D eigenvalue weighted by atomic mass is 16.2. The van der Waals surface area contributed by atoms with Crippen LogP contribution < -0.4 is 9.80 Å². The van der Waals surface area contributed by atoms with Crippen molar-refractivity contribution in [3.8, 4) is 0 Å². The van der Waals surface area contributed by atoms with Crippen LogP contribution in [0.4, 0.5) is 11.4 Å². The topological polar surface area (TPSA) is 74.8 Å². The molecule has 0 bridgehead atoms. The van der Waals surface area contributed by atoms with E-state index in [1.807, 2.05) is 38.1 Å². The van der Waals surface area contributed by atoms with Gasteiger partial charge in [-0.05, 0) is 54.7 Å². The molecule has 2 aromatic rings. The second kappa shape index (κ2) is 6.98. The van der Waals surface area contributed by atoms with Gasteiger partial charge in [-0.25, -0.2) is 9.80 Å². The SMILES string of the molecule is Cc1cc(Cc2ccc(N3C(=O)C=CC3=O)cc2)cc(C)c1N1C(=O)C=CC1=O. The van der Waals surface area contributed by atoms with E-state index in [9.17, 15) is 19.2 Å². The fraction of sp³-hybridized carbons (Fsp3) is 0.130. The van der Waals surface area contributed by atoms with Gasteiger partial charge in [-0.3, -0.25) is 19.2 Å². The van der Waals surface area contributed by atoms with Gasteiger partial charge in [0.05, 0.1) is 11.4 Å². The second-order valence-corrected chi connectivity index (χ2v) is 7.11. The van der Waals surface area contributed by atoms with Crippen molar-refractivity contribution in [1.82, 2.24) is 0 Å². The average molecular weight is 386 g/mol. The second-order valence-electron chi connectivity index (χ2n) is 7.11. The first-order valence-electron chi connectivity index (χ1n) is 9.16. The minimum atomic E-state index is -0.343. The summed E-state index contributed by atoms with van der Waals surface area (Å²) in [7, 11) is 0. The normalized spacial score (nSPS) is 15.9. The van der Waals surface area contributed by atoms with Crippen molar-refractivity contribution in [2.75, 3.05) is 9.80 Å². The molecule has 0 unspecified atom stereocenters. The van der Waals surface area contributed by atoms with Crippen LogP contribution >= 0.6 is 0 Å². The van der Waals surface area contributed by atoms with E-state index in [0.717, 1.165) is 27.2 Å². The van der Waals surface area contributed by atoms with Crippen molar-refractivity contribution in [2.45, 2.75) is 20.3 Å². The highest BCUT2D eigenvalue weighted by molar-refractivity contribution is 6.29. The lowest BCUT2D eigenvalue weighted by Gasteiger charge is -2.20. The van der Waals surface area contributed by atoms with Crippen molar-refractivity contribution >= 4 is 35.0 Å². The first-order valence-corrected chi connectivity index (χ1v) is 9.16. The van der Waals surface area contributed by atoms with Crippen molar-refractivity contribution in [3.05, 3.63) is 83.0 Å². The number of nitrogens with zero attached hydrogens (tertiary/aromatic N) is 2. The summed E-state index contributed by atoms with van der Waals surface area (Å²) < 4.78 is 0. The summed E-state index contributed by atoms with van der Waals surface area (Å²) >= 11 is 0. The van der Waals surface area contributed by atoms with Crippen LogP contribution in [0.5, 0.6) is 0 Å². The summed E-state index contributed by atoms with van der Waals surface area (Å²) in [6, 6.07) is 11.2. The van der Waals surface area contributed by atoms with E-state index >= 15 is 0 Å². The van der Waals surface area contributed by atoms with Crippen LogP contribution in [0.2, 0.25) is 0 Å². The van der Waals surface area contributed by atoms with Crippen LogP contribution in [0.25, 0.3) is 0 Å². The van der Waals surface area contributed by atoms with Crippen LogP contribution in [0.3, 0.4) is 0 Å². The average Bonchev–Trinajstić information content (AvgIpc) is 3.18. The fourth-order valence-corrected chi connectivity index (χ4v) is 3.77. The van der Waals surface area contributed by atoms with Crippen molar-refractivity contribution in [2.24, 2.45) is 0 Å². The van der Waals surface area contributed by atoms with Crippen LogP contribution in [0, 0.1) is 13.8 Å². The predicted octanol–water partition coefficient (Wildman–Crippen LogP) is 2.75. The largest absolute Gasteiger partial charge is 0.269 e. The standard InChI is InChI=1S/C23H18N2O4/c1-14-11-17(12-15(2)23(14)25-21(28)9-10-22(25)29)13-16-3-5-18(6-4-16)24-19(26)7-8-20(24)27/h3-12H,13H2,1-2H3. The molecule has 2 heterocycles. The zero-order valence-electron chi connectivity index (χ0n) is 16.0. The summed E-state index contributed by atoms with van der Waals surface area (Å²) in [6.45, 7) is 3.76. The first kappa shape index (κ1) is 18.6. The molecule has 0 N–H and O–H groups in total. The van der Waals surface area contributed by atoms with Crippen molar-refractivity contribution in [3.63, 3.8) is 0 Å². The Morgan fingerprint density at radius 2 is 1.07 bits per heavy atom. The van der Waals surface area contributed by atoms with Crippen molar-refractivity contribution < 1.29 is 19.2 Å². The lowest BCUT2D eigenvalue weighted by Crippen LogP contribution is -2.31. The van der Waals surface area contributed by atoms with Crippen molar-refractivity contribution in [1.29, 1.82) is 0 Å². The van der Waals surface area contributed by atoms with Gasteiger partial charge in [0.1, 0.15) is 0 Å². The molecule has 6 nitrogen and oxygen atoms in total. The molecular weight excluding hydrogens is 368 g/mol. The Balaban J connectivity index is 1.56. The smallest absolute Gasteiger partial charge is 0.258 e. The third-order valence-electron chi connectivity index (χ3n) is 5.00. The molecule has 0 spiro atoms. The number of carbonyl (C=O) groups is 4. The van der Waals surface area contributed by atoms with E-state index in [-0.39, 0.29) is 23.6 Å². The highest BCUT2D eigenvalue weighted by Crippen LogP contribution is 2.30. The number of carbonyl (C=O) groups excluding carboxylic acids is 4. The number of hydrogen-bond donors (Lipinski definition) is 0. The Morgan fingerprint density at radius 3 is 1.55 bits per heavy atom. The molecule has 4 amide bonds. The summed E-state index contributed by atoms with van der Waals surface area (Å²) in [5, 5.41) is 0. The zero-order chi connectivity index (χ0) is 20.7. The Bertz CT molecular complexity index is 1070. The van der Waals surface area contributed by atoms with Gasteiger partial charge in [0, 0.05) is 24.3 Å². The number of anilines is 2. The molecule has 2 aliphatic rings. The highest BCUT2D eigenvalue weighted by Gasteiger charge is 2.28. The zero-order valence-corrected chi connectivity index (χ0v) is 16.0. The van der Waals surface area contributed by atoms with E-state index < -0.39 is 0 Å². The molecule has 2 aliphatic heterocycles. The van der Waals surface area contributed by atoms with E-state index in [4.69, 9.17) is 0 Å². The molecule has 29 heavy (non-hydrogen) atoms. The monoisotopic (exact) mass is 386 g/mol. The van der Waals surface area contributed by atoms with Crippen LogP contribution in [-0.4, -0.2) is 23.6 Å².